The summed E-state index contributed by atoms with van der Waals surface area (Å²) >= 11 is 1.25. The van der Waals surface area contributed by atoms with Crippen molar-refractivity contribution in [1.29, 1.82) is 0 Å². The van der Waals surface area contributed by atoms with Gasteiger partial charge >= 0.3 is 0 Å². The molecule has 0 atom stereocenters. The summed E-state index contributed by atoms with van der Waals surface area (Å²) in [5.41, 5.74) is 1.87. The minimum atomic E-state index is -0.355. The van der Waals surface area contributed by atoms with Crippen LogP contribution in [0.2, 0.25) is 0 Å². The Bertz CT molecular complexity index is 1180. The van der Waals surface area contributed by atoms with E-state index < -0.39 is 0 Å². The van der Waals surface area contributed by atoms with Crippen molar-refractivity contribution >= 4 is 40.7 Å². The first-order chi connectivity index (χ1) is 15.9. The van der Waals surface area contributed by atoms with E-state index in [1.54, 1.807) is 73.8 Å². The second-order valence-electron chi connectivity index (χ2n) is 6.96. The molecule has 0 bridgehead atoms. The molecule has 0 spiro atoms. The molecular formula is C25H24N2O5S. The average Bonchev–Trinajstić information content (AvgIpc) is 2.83. The van der Waals surface area contributed by atoms with Crippen molar-refractivity contribution in [3.63, 3.8) is 0 Å². The van der Waals surface area contributed by atoms with Gasteiger partial charge in [-0.25, -0.2) is 0 Å². The van der Waals surface area contributed by atoms with Crippen LogP contribution in [0.25, 0.3) is 0 Å². The van der Waals surface area contributed by atoms with Gasteiger partial charge in [-0.15, -0.1) is 11.8 Å². The summed E-state index contributed by atoms with van der Waals surface area (Å²) in [6, 6.07) is 19.0. The molecule has 0 saturated heterocycles. The molecule has 2 N–H and O–H groups in total. The highest BCUT2D eigenvalue weighted by atomic mass is 32.2. The van der Waals surface area contributed by atoms with Crippen LogP contribution < -0.4 is 20.1 Å². The molecule has 0 aromatic heterocycles. The molecule has 2 amide bonds. The van der Waals surface area contributed by atoms with Crippen LogP contribution in [-0.4, -0.2) is 37.6 Å². The summed E-state index contributed by atoms with van der Waals surface area (Å²) < 4.78 is 10.5. The minimum absolute atomic E-state index is 0.0999. The number of hydrogen-bond donors (Lipinski definition) is 2. The summed E-state index contributed by atoms with van der Waals surface area (Å²) in [5, 5.41) is 5.61. The van der Waals surface area contributed by atoms with Crippen LogP contribution in [0.3, 0.4) is 0 Å². The van der Waals surface area contributed by atoms with Gasteiger partial charge < -0.3 is 20.1 Å². The zero-order chi connectivity index (χ0) is 23.8. The molecular weight excluding hydrogens is 440 g/mol. The standard InChI is InChI=1S/C25H24N2O5S/c1-16(28)18-8-4-6-10-20(18)27-25(30)19-9-5-7-11-23(19)33-15-24(29)26-17-12-13-21(31-2)22(14-17)32-3/h4-14H,15H2,1-3H3,(H,26,29)(H,27,30). The van der Waals surface area contributed by atoms with Crippen LogP contribution in [0.1, 0.15) is 27.6 Å². The van der Waals surface area contributed by atoms with E-state index in [1.807, 2.05) is 0 Å². The highest BCUT2D eigenvalue weighted by Gasteiger charge is 2.16. The van der Waals surface area contributed by atoms with Crippen LogP contribution in [0, 0.1) is 0 Å². The first-order valence-electron chi connectivity index (χ1n) is 10.1. The van der Waals surface area contributed by atoms with Crippen LogP contribution in [0.4, 0.5) is 11.4 Å². The quantitative estimate of drug-likeness (QED) is 0.346. The van der Waals surface area contributed by atoms with Gasteiger partial charge in [-0.05, 0) is 43.3 Å². The lowest BCUT2D eigenvalue weighted by molar-refractivity contribution is -0.113. The van der Waals surface area contributed by atoms with Crippen LogP contribution in [-0.2, 0) is 4.79 Å². The fourth-order valence-electron chi connectivity index (χ4n) is 3.12. The number of amides is 2. The maximum absolute atomic E-state index is 12.9. The molecule has 0 unspecified atom stereocenters. The number of rotatable bonds is 9. The Hall–Kier alpha value is -3.78. The molecule has 7 nitrogen and oxygen atoms in total. The highest BCUT2D eigenvalue weighted by Crippen LogP contribution is 2.30. The smallest absolute Gasteiger partial charge is 0.256 e. The van der Waals surface area contributed by atoms with Gasteiger partial charge in [0.2, 0.25) is 5.91 Å². The van der Waals surface area contributed by atoms with Crippen molar-refractivity contribution in [2.75, 3.05) is 30.6 Å². The van der Waals surface area contributed by atoms with Crippen molar-refractivity contribution < 1.29 is 23.9 Å². The molecule has 0 aliphatic carbocycles. The fourth-order valence-corrected chi connectivity index (χ4v) is 3.97. The fraction of sp³-hybridized carbons (Fsp3) is 0.160. The summed E-state index contributed by atoms with van der Waals surface area (Å²) in [5.74, 6) is 0.451. The summed E-state index contributed by atoms with van der Waals surface area (Å²) in [6.45, 7) is 1.45. The molecule has 3 rings (SSSR count). The maximum atomic E-state index is 12.9. The SMILES string of the molecule is COc1ccc(NC(=O)CSc2ccccc2C(=O)Nc2ccccc2C(C)=O)cc1OC. The van der Waals surface area contributed by atoms with E-state index in [-0.39, 0.29) is 23.4 Å². The van der Waals surface area contributed by atoms with Gasteiger partial charge in [-0.1, -0.05) is 24.3 Å². The summed E-state index contributed by atoms with van der Waals surface area (Å²) in [6.07, 6.45) is 0. The van der Waals surface area contributed by atoms with Gasteiger partial charge in [-0.3, -0.25) is 14.4 Å². The Kier molecular flexibility index (Phi) is 8.10. The number of carbonyl (C=O) groups is 3. The molecule has 0 aliphatic rings. The maximum Gasteiger partial charge on any atom is 0.256 e. The first kappa shape index (κ1) is 23.9. The van der Waals surface area contributed by atoms with E-state index in [1.165, 1.54) is 25.8 Å². The van der Waals surface area contributed by atoms with Crippen molar-refractivity contribution in [2.45, 2.75) is 11.8 Å². The molecule has 0 saturated carbocycles. The minimum Gasteiger partial charge on any atom is -0.493 e. The Balaban J connectivity index is 1.68. The number of hydrogen-bond acceptors (Lipinski definition) is 6. The lowest BCUT2D eigenvalue weighted by Gasteiger charge is -2.12. The molecule has 0 fully saturated rings. The van der Waals surface area contributed by atoms with Crippen LogP contribution in [0.5, 0.6) is 11.5 Å². The Morgan fingerprint density at radius 3 is 2.18 bits per heavy atom. The third kappa shape index (κ3) is 6.14. The van der Waals surface area contributed by atoms with Crippen LogP contribution >= 0.6 is 11.8 Å². The van der Waals surface area contributed by atoms with Crippen molar-refractivity contribution in [3.8, 4) is 11.5 Å². The number of ether oxygens (including phenoxy) is 2. The van der Waals surface area contributed by atoms with Crippen LogP contribution in [0.15, 0.2) is 71.6 Å². The Labute approximate surface area is 196 Å². The predicted octanol–water partition coefficient (Wildman–Crippen LogP) is 4.89. The van der Waals surface area contributed by atoms with E-state index in [2.05, 4.69) is 10.6 Å². The van der Waals surface area contributed by atoms with Gasteiger partial charge in [0, 0.05) is 22.2 Å². The van der Waals surface area contributed by atoms with E-state index in [0.717, 1.165) is 0 Å². The summed E-state index contributed by atoms with van der Waals surface area (Å²) in [7, 11) is 3.06. The molecule has 0 heterocycles. The number of thioether (sulfide) groups is 1. The second-order valence-corrected chi connectivity index (χ2v) is 7.98. The molecule has 3 aromatic carbocycles. The van der Waals surface area contributed by atoms with Crippen molar-refractivity contribution in [2.24, 2.45) is 0 Å². The Morgan fingerprint density at radius 1 is 0.818 bits per heavy atom. The number of benzene rings is 3. The highest BCUT2D eigenvalue weighted by molar-refractivity contribution is 8.00. The van der Waals surface area contributed by atoms with Gasteiger partial charge in [-0.2, -0.15) is 0 Å². The number of nitrogens with one attached hydrogen (secondary N) is 2. The third-order valence-electron chi connectivity index (χ3n) is 4.71. The molecule has 3 aromatic rings. The molecule has 170 valence electrons. The molecule has 33 heavy (non-hydrogen) atoms. The number of anilines is 2. The topological polar surface area (TPSA) is 93.7 Å². The van der Waals surface area contributed by atoms with Gasteiger partial charge in [0.25, 0.3) is 5.91 Å². The zero-order valence-corrected chi connectivity index (χ0v) is 19.3. The lowest BCUT2D eigenvalue weighted by Crippen LogP contribution is -2.17. The normalized spacial score (nSPS) is 10.3. The number of methoxy groups -OCH3 is 2. The lowest BCUT2D eigenvalue weighted by atomic mass is 10.1. The van der Waals surface area contributed by atoms with Gasteiger partial charge in [0.1, 0.15) is 0 Å². The van der Waals surface area contributed by atoms with E-state index in [9.17, 15) is 14.4 Å². The van der Waals surface area contributed by atoms with Crippen molar-refractivity contribution in [3.05, 3.63) is 77.9 Å². The number of para-hydroxylation sites is 1. The average molecular weight is 465 g/mol. The number of carbonyl (C=O) groups excluding carboxylic acids is 3. The largest absolute Gasteiger partial charge is 0.493 e. The zero-order valence-electron chi connectivity index (χ0n) is 18.5. The number of Topliss-reactive ketones (excluding diaryl/α,β-unsaturated/α-hetero) is 1. The molecule has 0 aliphatic heterocycles. The first-order valence-corrected chi connectivity index (χ1v) is 11.1. The molecule has 0 radical (unpaired) electrons. The van der Waals surface area contributed by atoms with Crippen molar-refractivity contribution in [1.82, 2.24) is 0 Å². The Morgan fingerprint density at radius 2 is 1.48 bits per heavy atom. The number of ketones is 1. The molecule has 8 heteroatoms. The van der Waals surface area contributed by atoms with Gasteiger partial charge in [0.15, 0.2) is 17.3 Å². The third-order valence-corrected chi connectivity index (χ3v) is 5.79. The van der Waals surface area contributed by atoms with E-state index >= 15 is 0 Å². The predicted molar refractivity (Wildman–Crippen MR) is 130 cm³/mol. The van der Waals surface area contributed by atoms with Gasteiger partial charge in [0.05, 0.1) is 31.2 Å². The second kappa shape index (κ2) is 11.2. The summed E-state index contributed by atoms with van der Waals surface area (Å²) in [4.78, 5) is 37.9. The monoisotopic (exact) mass is 464 g/mol. The van der Waals surface area contributed by atoms with E-state index in [0.29, 0.717) is 38.9 Å². The van der Waals surface area contributed by atoms with E-state index in [4.69, 9.17) is 9.47 Å².